The van der Waals surface area contributed by atoms with Crippen molar-refractivity contribution in [3.63, 3.8) is 0 Å². The monoisotopic (exact) mass is 350 g/mol. The molecule has 0 aromatic carbocycles. The van der Waals surface area contributed by atoms with Crippen LogP contribution in [-0.2, 0) is 11.2 Å². The Morgan fingerprint density at radius 1 is 1.13 bits per heavy atom. The van der Waals surface area contributed by atoms with Crippen LogP contribution < -0.4 is 10.9 Å². The zero-order valence-electron chi connectivity index (χ0n) is 13.0. The Balaban J connectivity index is 1.77. The molecule has 0 atom stereocenters. The molecule has 0 unspecified atom stereocenters. The highest BCUT2D eigenvalue weighted by Gasteiger charge is 2.13. The lowest BCUT2D eigenvalue weighted by atomic mass is 10.2. The van der Waals surface area contributed by atoms with E-state index in [0.29, 0.717) is 9.75 Å². The summed E-state index contributed by atoms with van der Waals surface area (Å²) < 4.78 is 0. The molecule has 0 fully saturated rings. The van der Waals surface area contributed by atoms with Crippen LogP contribution in [0.5, 0.6) is 0 Å². The van der Waals surface area contributed by atoms with Crippen molar-refractivity contribution in [2.75, 3.05) is 0 Å². The van der Waals surface area contributed by atoms with E-state index < -0.39 is 0 Å². The second kappa shape index (κ2) is 8.03. The summed E-state index contributed by atoms with van der Waals surface area (Å²) in [5.41, 5.74) is 5.81. The lowest BCUT2D eigenvalue weighted by Gasteiger charge is -2.05. The van der Waals surface area contributed by atoms with Crippen LogP contribution in [-0.4, -0.2) is 17.6 Å². The normalized spacial score (nSPS) is 10.3. The van der Waals surface area contributed by atoms with Gasteiger partial charge in [-0.25, -0.2) is 0 Å². The number of hydrogen-bond acceptors (Lipinski definition) is 5. The Bertz CT molecular complexity index is 705. The molecular weight excluding hydrogens is 332 g/mol. The van der Waals surface area contributed by atoms with E-state index >= 15 is 0 Å². The summed E-state index contributed by atoms with van der Waals surface area (Å²) in [6.07, 6.45) is 1.04. The number of carbonyl (C=O) groups excluding carboxylic acids is 3. The molecule has 2 N–H and O–H groups in total. The van der Waals surface area contributed by atoms with Gasteiger partial charge in [0.1, 0.15) is 0 Å². The number of aryl methyl sites for hydroxylation is 2. The highest BCUT2D eigenvalue weighted by Crippen LogP contribution is 2.22. The first-order valence-corrected chi connectivity index (χ1v) is 8.96. The number of hydrazine groups is 1. The smallest absolute Gasteiger partial charge is 0.279 e. The molecule has 0 aliphatic carbocycles. The average Bonchev–Trinajstić information content (AvgIpc) is 3.19. The van der Waals surface area contributed by atoms with Crippen LogP contribution in [0.4, 0.5) is 0 Å². The quantitative estimate of drug-likeness (QED) is 0.621. The Kier molecular flexibility index (Phi) is 6.06. The van der Waals surface area contributed by atoms with Gasteiger partial charge in [-0.3, -0.25) is 25.2 Å². The van der Waals surface area contributed by atoms with Crippen molar-refractivity contribution < 1.29 is 14.4 Å². The van der Waals surface area contributed by atoms with Crippen LogP contribution in [0.25, 0.3) is 0 Å². The van der Waals surface area contributed by atoms with Gasteiger partial charge in [-0.2, -0.15) is 0 Å². The fraction of sp³-hybridized carbons (Fsp3) is 0.312. The van der Waals surface area contributed by atoms with Crippen molar-refractivity contribution in [2.24, 2.45) is 0 Å². The van der Waals surface area contributed by atoms with Gasteiger partial charge in [0.2, 0.25) is 5.91 Å². The van der Waals surface area contributed by atoms with E-state index in [2.05, 4.69) is 10.9 Å². The summed E-state index contributed by atoms with van der Waals surface area (Å²) >= 11 is 2.77. The zero-order valence-corrected chi connectivity index (χ0v) is 14.6. The first-order valence-electron chi connectivity index (χ1n) is 7.26. The van der Waals surface area contributed by atoms with E-state index in [-0.39, 0.29) is 30.4 Å². The van der Waals surface area contributed by atoms with Crippen molar-refractivity contribution in [3.05, 3.63) is 43.8 Å². The molecule has 2 aromatic heterocycles. The minimum atomic E-state index is -0.382. The molecule has 0 saturated carbocycles. The third-order valence-corrected chi connectivity index (χ3v) is 5.55. The predicted octanol–water partition coefficient (Wildman–Crippen LogP) is 3.10. The Labute approximate surface area is 142 Å². The first kappa shape index (κ1) is 17.4. The van der Waals surface area contributed by atoms with Gasteiger partial charge < -0.3 is 0 Å². The molecule has 5 nitrogen and oxygen atoms in total. The number of amides is 2. The highest BCUT2D eigenvalue weighted by atomic mass is 32.1. The first-order chi connectivity index (χ1) is 11.0. The van der Waals surface area contributed by atoms with E-state index in [1.807, 2.05) is 25.3 Å². The average molecular weight is 350 g/mol. The topological polar surface area (TPSA) is 75.3 Å². The summed E-state index contributed by atoms with van der Waals surface area (Å²) in [6, 6.07) is 5.34. The van der Waals surface area contributed by atoms with Crippen LogP contribution in [0.15, 0.2) is 23.6 Å². The molecule has 122 valence electrons. The number of ketones is 1. The molecule has 2 rings (SSSR count). The number of carbonyl (C=O) groups is 3. The van der Waals surface area contributed by atoms with E-state index in [4.69, 9.17) is 0 Å². The molecule has 2 heterocycles. The van der Waals surface area contributed by atoms with Crippen molar-refractivity contribution in [1.29, 1.82) is 0 Å². The number of nitrogens with one attached hydrogen (secondary N) is 2. The fourth-order valence-corrected chi connectivity index (χ4v) is 3.72. The standard InChI is InChI=1S/C16H18N2O3S2/c1-3-12-10(2)9-14(23-12)16(21)18-17-15(20)7-6-11(19)13-5-4-8-22-13/h4-5,8-9H,3,6-7H2,1-2H3,(H,17,20)(H,18,21). The minimum absolute atomic E-state index is 0.0424. The second-order valence-electron chi connectivity index (χ2n) is 4.97. The molecular formula is C16H18N2O3S2. The Hall–Kier alpha value is -1.99. The largest absolute Gasteiger partial charge is 0.293 e. The van der Waals surface area contributed by atoms with Crippen molar-refractivity contribution in [2.45, 2.75) is 33.1 Å². The van der Waals surface area contributed by atoms with Gasteiger partial charge in [0.15, 0.2) is 5.78 Å². The minimum Gasteiger partial charge on any atom is -0.293 e. The van der Waals surface area contributed by atoms with Gasteiger partial charge >= 0.3 is 0 Å². The SMILES string of the molecule is CCc1sc(C(=O)NNC(=O)CCC(=O)c2cccs2)cc1C. The molecule has 2 amide bonds. The lowest BCUT2D eigenvalue weighted by molar-refractivity contribution is -0.121. The van der Waals surface area contributed by atoms with Crippen LogP contribution in [0.1, 0.15) is 49.5 Å². The third-order valence-electron chi connectivity index (χ3n) is 3.26. The maximum absolute atomic E-state index is 12.0. The number of Topliss-reactive ketones (excluding diaryl/α,β-unsaturated/α-hetero) is 1. The Morgan fingerprint density at radius 2 is 1.91 bits per heavy atom. The zero-order chi connectivity index (χ0) is 16.8. The molecule has 0 aliphatic heterocycles. The van der Waals surface area contributed by atoms with Crippen LogP contribution in [0.3, 0.4) is 0 Å². The van der Waals surface area contributed by atoms with Crippen molar-refractivity contribution >= 4 is 40.3 Å². The number of rotatable bonds is 6. The number of thiophene rings is 2. The maximum Gasteiger partial charge on any atom is 0.279 e. The Morgan fingerprint density at radius 3 is 2.52 bits per heavy atom. The summed E-state index contributed by atoms with van der Waals surface area (Å²) in [7, 11) is 0. The van der Waals surface area contributed by atoms with Crippen LogP contribution >= 0.6 is 22.7 Å². The molecule has 7 heteroatoms. The van der Waals surface area contributed by atoms with Gasteiger partial charge in [0.05, 0.1) is 9.75 Å². The van der Waals surface area contributed by atoms with Gasteiger partial charge in [0.25, 0.3) is 5.91 Å². The number of hydrogen-bond donors (Lipinski definition) is 2. The van der Waals surface area contributed by atoms with Gasteiger partial charge in [-0.05, 0) is 36.4 Å². The molecule has 0 aliphatic rings. The molecule has 0 saturated heterocycles. The molecule has 0 radical (unpaired) electrons. The lowest BCUT2D eigenvalue weighted by Crippen LogP contribution is -2.41. The van der Waals surface area contributed by atoms with Crippen molar-refractivity contribution in [1.82, 2.24) is 10.9 Å². The highest BCUT2D eigenvalue weighted by molar-refractivity contribution is 7.14. The summed E-state index contributed by atoms with van der Waals surface area (Å²) in [5.74, 6) is -0.786. The van der Waals surface area contributed by atoms with E-state index in [0.717, 1.165) is 16.9 Å². The summed E-state index contributed by atoms with van der Waals surface area (Å²) in [4.78, 5) is 37.8. The summed E-state index contributed by atoms with van der Waals surface area (Å²) in [5, 5.41) is 1.82. The van der Waals surface area contributed by atoms with E-state index in [1.54, 1.807) is 12.1 Å². The van der Waals surface area contributed by atoms with Gasteiger partial charge in [-0.15, -0.1) is 22.7 Å². The van der Waals surface area contributed by atoms with Crippen LogP contribution in [0.2, 0.25) is 0 Å². The van der Waals surface area contributed by atoms with E-state index in [9.17, 15) is 14.4 Å². The second-order valence-corrected chi connectivity index (χ2v) is 7.06. The molecule has 0 bridgehead atoms. The molecule has 23 heavy (non-hydrogen) atoms. The summed E-state index contributed by atoms with van der Waals surface area (Å²) in [6.45, 7) is 3.99. The fourth-order valence-electron chi connectivity index (χ4n) is 2.02. The van der Waals surface area contributed by atoms with Gasteiger partial charge in [0, 0.05) is 17.7 Å². The van der Waals surface area contributed by atoms with Crippen LogP contribution in [0, 0.1) is 6.92 Å². The van der Waals surface area contributed by atoms with Gasteiger partial charge in [-0.1, -0.05) is 13.0 Å². The predicted molar refractivity (Wildman–Crippen MR) is 91.9 cm³/mol. The maximum atomic E-state index is 12.0. The van der Waals surface area contributed by atoms with Crippen molar-refractivity contribution in [3.8, 4) is 0 Å². The van der Waals surface area contributed by atoms with E-state index in [1.165, 1.54) is 22.7 Å². The molecule has 2 aromatic rings. The third kappa shape index (κ3) is 4.74. The molecule has 0 spiro atoms.